The van der Waals surface area contributed by atoms with Crippen molar-refractivity contribution in [1.29, 1.82) is 0 Å². The molecule has 0 spiro atoms. The molecule has 0 atom stereocenters. The lowest BCUT2D eigenvalue weighted by Crippen LogP contribution is -2.30. The van der Waals surface area contributed by atoms with Crippen molar-refractivity contribution in [3.8, 4) is 0 Å². The molecule has 0 heterocycles. The Kier molecular flexibility index (Phi) is 5.92. The molecule has 0 aliphatic heterocycles. The summed E-state index contributed by atoms with van der Waals surface area (Å²) in [5, 5.41) is 0. The van der Waals surface area contributed by atoms with Crippen LogP contribution < -0.4 is 0 Å². The highest BCUT2D eigenvalue weighted by molar-refractivity contribution is 7.89. The Hall–Kier alpha value is -2.25. The standard InChI is InChI=1S/C18H21FN2O3S/c1-4-21(13-14-6-5-7-16(19)12-14)18(22)15-8-10-17(11-9-15)25(23,24)20(2)3/h5-12H,4,13H2,1-3H3. The summed E-state index contributed by atoms with van der Waals surface area (Å²) in [6, 6.07) is 11.9. The summed E-state index contributed by atoms with van der Waals surface area (Å²) in [4.78, 5) is 14.3. The van der Waals surface area contributed by atoms with Gasteiger partial charge in [-0.1, -0.05) is 12.1 Å². The number of halogens is 1. The molecule has 0 saturated carbocycles. The van der Waals surface area contributed by atoms with Crippen LogP contribution in [0.1, 0.15) is 22.8 Å². The molecule has 134 valence electrons. The average molecular weight is 364 g/mol. The number of benzene rings is 2. The molecular formula is C18H21FN2O3S. The lowest BCUT2D eigenvalue weighted by atomic mass is 10.1. The van der Waals surface area contributed by atoms with E-state index in [1.165, 1.54) is 50.5 Å². The van der Waals surface area contributed by atoms with Crippen LogP contribution in [0.4, 0.5) is 4.39 Å². The highest BCUT2D eigenvalue weighted by Gasteiger charge is 2.19. The summed E-state index contributed by atoms with van der Waals surface area (Å²) in [6.07, 6.45) is 0. The fourth-order valence-electron chi connectivity index (χ4n) is 2.35. The molecule has 7 heteroatoms. The van der Waals surface area contributed by atoms with Crippen LogP contribution in [0.5, 0.6) is 0 Å². The van der Waals surface area contributed by atoms with E-state index in [0.717, 1.165) is 4.31 Å². The van der Waals surface area contributed by atoms with Crippen LogP contribution in [0.15, 0.2) is 53.4 Å². The van der Waals surface area contributed by atoms with Crippen LogP contribution in [-0.2, 0) is 16.6 Å². The van der Waals surface area contributed by atoms with Gasteiger partial charge in [-0.3, -0.25) is 4.79 Å². The number of amides is 1. The maximum absolute atomic E-state index is 13.3. The topological polar surface area (TPSA) is 57.7 Å². The molecule has 2 aromatic rings. The van der Waals surface area contributed by atoms with Gasteiger partial charge in [0.1, 0.15) is 5.82 Å². The minimum atomic E-state index is -3.53. The van der Waals surface area contributed by atoms with Crippen LogP contribution in [-0.4, -0.2) is 44.2 Å². The molecule has 2 rings (SSSR count). The number of hydrogen-bond acceptors (Lipinski definition) is 3. The molecule has 0 aliphatic carbocycles. The molecule has 0 saturated heterocycles. The molecule has 5 nitrogen and oxygen atoms in total. The third kappa shape index (κ3) is 4.43. The van der Waals surface area contributed by atoms with E-state index >= 15 is 0 Å². The summed E-state index contributed by atoms with van der Waals surface area (Å²) < 4.78 is 38.6. The Labute approximate surface area is 147 Å². The molecule has 0 aliphatic rings. The number of carbonyl (C=O) groups is 1. The minimum Gasteiger partial charge on any atom is -0.335 e. The fraction of sp³-hybridized carbons (Fsp3) is 0.278. The maximum atomic E-state index is 13.3. The van der Waals surface area contributed by atoms with Gasteiger partial charge in [0.05, 0.1) is 4.90 Å². The second-order valence-corrected chi connectivity index (χ2v) is 7.91. The smallest absolute Gasteiger partial charge is 0.254 e. The van der Waals surface area contributed by atoms with Gasteiger partial charge in [0.25, 0.3) is 5.91 Å². The van der Waals surface area contributed by atoms with Gasteiger partial charge in [0.2, 0.25) is 10.0 Å². The van der Waals surface area contributed by atoms with E-state index < -0.39 is 10.0 Å². The van der Waals surface area contributed by atoms with Gasteiger partial charge in [0, 0.05) is 32.7 Å². The average Bonchev–Trinajstić information content (AvgIpc) is 2.59. The molecular weight excluding hydrogens is 343 g/mol. The molecule has 0 N–H and O–H groups in total. The summed E-state index contributed by atoms with van der Waals surface area (Å²) >= 11 is 0. The monoisotopic (exact) mass is 364 g/mol. The van der Waals surface area contributed by atoms with Crippen molar-refractivity contribution in [3.63, 3.8) is 0 Å². The Balaban J connectivity index is 2.20. The lowest BCUT2D eigenvalue weighted by molar-refractivity contribution is 0.0752. The Bertz CT molecular complexity index is 849. The van der Waals surface area contributed by atoms with Crippen molar-refractivity contribution in [3.05, 3.63) is 65.5 Å². The van der Waals surface area contributed by atoms with Gasteiger partial charge >= 0.3 is 0 Å². The molecule has 25 heavy (non-hydrogen) atoms. The molecule has 0 bridgehead atoms. The zero-order valence-electron chi connectivity index (χ0n) is 14.4. The predicted molar refractivity (Wildman–Crippen MR) is 94.1 cm³/mol. The largest absolute Gasteiger partial charge is 0.335 e. The minimum absolute atomic E-state index is 0.127. The molecule has 2 aromatic carbocycles. The van der Waals surface area contributed by atoms with E-state index in [0.29, 0.717) is 17.7 Å². The maximum Gasteiger partial charge on any atom is 0.254 e. The van der Waals surface area contributed by atoms with E-state index in [4.69, 9.17) is 0 Å². The summed E-state index contributed by atoms with van der Waals surface area (Å²) in [6.45, 7) is 2.57. The quantitative estimate of drug-likeness (QED) is 0.792. The first-order valence-electron chi connectivity index (χ1n) is 7.82. The second-order valence-electron chi connectivity index (χ2n) is 5.76. The zero-order chi connectivity index (χ0) is 18.6. The van der Waals surface area contributed by atoms with Crippen LogP contribution in [0.2, 0.25) is 0 Å². The first kappa shape index (κ1) is 19.1. The van der Waals surface area contributed by atoms with E-state index in [1.807, 2.05) is 6.92 Å². The number of sulfonamides is 1. The predicted octanol–water partition coefficient (Wildman–Crippen LogP) is 2.74. The van der Waals surface area contributed by atoms with E-state index in [1.54, 1.807) is 17.0 Å². The highest BCUT2D eigenvalue weighted by Crippen LogP contribution is 2.16. The van der Waals surface area contributed by atoms with Gasteiger partial charge in [-0.15, -0.1) is 0 Å². The van der Waals surface area contributed by atoms with Gasteiger partial charge in [0.15, 0.2) is 0 Å². The highest BCUT2D eigenvalue weighted by atomic mass is 32.2. The first-order valence-corrected chi connectivity index (χ1v) is 9.26. The molecule has 0 aromatic heterocycles. The van der Waals surface area contributed by atoms with Gasteiger partial charge in [-0.25, -0.2) is 17.1 Å². The van der Waals surface area contributed by atoms with Crippen molar-refractivity contribution in [2.45, 2.75) is 18.4 Å². The third-order valence-electron chi connectivity index (χ3n) is 3.81. The van der Waals surface area contributed by atoms with Gasteiger partial charge < -0.3 is 4.90 Å². The Morgan fingerprint density at radius 3 is 2.24 bits per heavy atom. The third-order valence-corrected chi connectivity index (χ3v) is 5.64. The summed E-state index contributed by atoms with van der Waals surface area (Å²) in [7, 11) is -0.631. The molecule has 0 fully saturated rings. The molecule has 0 radical (unpaired) electrons. The normalized spacial score (nSPS) is 11.6. The van der Waals surface area contributed by atoms with E-state index in [9.17, 15) is 17.6 Å². The zero-order valence-corrected chi connectivity index (χ0v) is 15.3. The van der Waals surface area contributed by atoms with Crippen molar-refractivity contribution >= 4 is 15.9 Å². The first-order chi connectivity index (χ1) is 11.8. The van der Waals surface area contributed by atoms with Gasteiger partial charge in [-0.2, -0.15) is 0 Å². The van der Waals surface area contributed by atoms with Crippen molar-refractivity contribution < 1.29 is 17.6 Å². The van der Waals surface area contributed by atoms with E-state index in [2.05, 4.69) is 0 Å². The Morgan fingerprint density at radius 2 is 1.72 bits per heavy atom. The lowest BCUT2D eigenvalue weighted by Gasteiger charge is -2.21. The van der Waals surface area contributed by atoms with Crippen LogP contribution in [0.25, 0.3) is 0 Å². The van der Waals surface area contributed by atoms with Crippen molar-refractivity contribution in [2.75, 3.05) is 20.6 Å². The molecule has 1 amide bonds. The Morgan fingerprint density at radius 1 is 1.08 bits per heavy atom. The van der Waals surface area contributed by atoms with Crippen LogP contribution in [0, 0.1) is 5.82 Å². The second kappa shape index (κ2) is 7.76. The fourth-order valence-corrected chi connectivity index (χ4v) is 3.25. The number of nitrogens with zero attached hydrogens (tertiary/aromatic N) is 2. The van der Waals surface area contributed by atoms with Crippen molar-refractivity contribution in [1.82, 2.24) is 9.21 Å². The van der Waals surface area contributed by atoms with Crippen molar-refractivity contribution in [2.24, 2.45) is 0 Å². The number of carbonyl (C=O) groups excluding carboxylic acids is 1. The van der Waals surface area contributed by atoms with Crippen LogP contribution in [0.3, 0.4) is 0 Å². The van der Waals surface area contributed by atoms with Gasteiger partial charge in [-0.05, 0) is 48.9 Å². The van der Waals surface area contributed by atoms with E-state index in [-0.39, 0.29) is 23.2 Å². The number of hydrogen-bond donors (Lipinski definition) is 0. The SMILES string of the molecule is CCN(Cc1cccc(F)c1)C(=O)c1ccc(S(=O)(=O)N(C)C)cc1. The van der Waals surface area contributed by atoms with Crippen LogP contribution >= 0.6 is 0 Å². The summed E-state index contributed by atoms with van der Waals surface area (Å²) in [5.74, 6) is -0.584. The molecule has 0 unspecified atom stereocenters. The summed E-state index contributed by atoms with van der Waals surface area (Å²) in [5.41, 5.74) is 1.08. The number of rotatable bonds is 6.